The molecule has 4 rings (SSSR count). The molecule has 2 aromatic heterocycles. The van der Waals surface area contributed by atoms with Gasteiger partial charge in [0.15, 0.2) is 0 Å². The van der Waals surface area contributed by atoms with E-state index in [1.165, 1.54) is 0 Å². The van der Waals surface area contributed by atoms with Gasteiger partial charge in [-0.3, -0.25) is 9.88 Å². The number of piperidine rings is 1. The summed E-state index contributed by atoms with van der Waals surface area (Å²) in [5.41, 5.74) is 3.24. The Labute approximate surface area is 154 Å². The van der Waals surface area contributed by atoms with Gasteiger partial charge in [-0.1, -0.05) is 6.07 Å². The minimum atomic E-state index is -0.817. The van der Waals surface area contributed by atoms with E-state index in [2.05, 4.69) is 19.9 Å². The second kappa shape index (κ2) is 6.59. The van der Waals surface area contributed by atoms with Crippen LogP contribution in [0, 0.1) is 20.8 Å². The van der Waals surface area contributed by atoms with Crippen molar-refractivity contribution in [1.82, 2.24) is 19.9 Å². The molecule has 4 heterocycles. The van der Waals surface area contributed by atoms with Crippen molar-refractivity contribution in [3.8, 4) is 5.88 Å². The molecule has 2 aliphatic rings. The molecular formula is C20H26N4O2. The van der Waals surface area contributed by atoms with Crippen LogP contribution in [-0.4, -0.2) is 50.7 Å². The van der Waals surface area contributed by atoms with E-state index in [9.17, 15) is 5.11 Å². The largest absolute Gasteiger partial charge is 0.472 e. The Bertz CT molecular complexity index is 798. The molecule has 1 fully saturated rings. The normalized spacial score (nSPS) is 22.1. The Morgan fingerprint density at radius 2 is 1.96 bits per heavy atom. The van der Waals surface area contributed by atoms with Gasteiger partial charge in [0.1, 0.15) is 17.5 Å². The van der Waals surface area contributed by atoms with E-state index in [0.29, 0.717) is 12.8 Å². The zero-order chi connectivity index (χ0) is 18.3. The smallest absolute Gasteiger partial charge is 0.220 e. The van der Waals surface area contributed by atoms with Crippen LogP contribution in [0.1, 0.15) is 41.2 Å². The lowest BCUT2D eigenvalue weighted by Crippen LogP contribution is -2.46. The first-order valence-corrected chi connectivity index (χ1v) is 9.31. The first kappa shape index (κ1) is 17.4. The molecule has 1 saturated heterocycles. The minimum absolute atomic E-state index is 0.114. The summed E-state index contributed by atoms with van der Waals surface area (Å²) in [7, 11) is 0. The molecule has 6 heteroatoms. The summed E-state index contributed by atoms with van der Waals surface area (Å²) >= 11 is 0. The van der Waals surface area contributed by atoms with E-state index in [-0.39, 0.29) is 6.10 Å². The fraction of sp³-hybridized carbons (Fsp3) is 0.550. The molecule has 0 spiro atoms. The highest BCUT2D eigenvalue weighted by atomic mass is 16.5. The number of fused-ring (bicyclic) bond motifs is 1. The van der Waals surface area contributed by atoms with E-state index in [1.54, 1.807) is 0 Å². The number of hydrogen-bond donors (Lipinski definition) is 1. The number of likely N-dealkylation sites (tertiary alicyclic amines) is 1. The van der Waals surface area contributed by atoms with Gasteiger partial charge in [-0.05, 0) is 45.2 Å². The van der Waals surface area contributed by atoms with Crippen LogP contribution in [0.5, 0.6) is 5.88 Å². The zero-order valence-corrected chi connectivity index (χ0v) is 15.7. The van der Waals surface area contributed by atoms with Crippen molar-refractivity contribution in [2.24, 2.45) is 0 Å². The van der Waals surface area contributed by atoms with Crippen LogP contribution < -0.4 is 4.74 Å². The van der Waals surface area contributed by atoms with Crippen molar-refractivity contribution in [3.63, 3.8) is 0 Å². The molecule has 6 nitrogen and oxygen atoms in total. The fourth-order valence-corrected chi connectivity index (χ4v) is 3.96. The van der Waals surface area contributed by atoms with Gasteiger partial charge in [-0.2, -0.15) is 4.98 Å². The zero-order valence-electron chi connectivity index (χ0n) is 15.7. The Hall–Kier alpha value is -2.05. The number of ether oxygens (including phenoxy) is 1. The molecule has 0 bridgehead atoms. The molecule has 2 aromatic rings. The topological polar surface area (TPSA) is 71.4 Å². The maximum atomic E-state index is 11.0. The highest BCUT2D eigenvalue weighted by molar-refractivity contribution is 5.34. The Balaban J connectivity index is 1.36. The summed E-state index contributed by atoms with van der Waals surface area (Å²) in [6.45, 7) is 8.46. The predicted octanol–water partition coefficient (Wildman–Crippen LogP) is 2.08. The molecule has 2 aliphatic heterocycles. The van der Waals surface area contributed by atoms with E-state index in [4.69, 9.17) is 4.74 Å². The number of aromatic nitrogens is 3. The lowest BCUT2D eigenvalue weighted by molar-refractivity contribution is -0.0348. The fourth-order valence-electron chi connectivity index (χ4n) is 3.96. The Kier molecular flexibility index (Phi) is 4.40. The highest BCUT2D eigenvalue weighted by Gasteiger charge is 2.37. The molecule has 0 aliphatic carbocycles. The molecule has 26 heavy (non-hydrogen) atoms. The third-order valence-corrected chi connectivity index (χ3v) is 5.53. The van der Waals surface area contributed by atoms with Crippen LogP contribution in [-0.2, 0) is 12.0 Å². The summed E-state index contributed by atoms with van der Waals surface area (Å²) in [6, 6.07) is 3.97. The Morgan fingerprint density at radius 1 is 1.19 bits per heavy atom. The van der Waals surface area contributed by atoms with Crippen molar-refractivity contribution in [2.75, 3.05) is 19.6 Å². The van der Waals surface area contributed by atoms with Crippen LogP contribution in [0.15, 0.2) is 18.3 Å². The molecule has 0 amide bonds. The molecule has 0 unspecified atom stereocenters. The second-order valence-corrected chi connectivity index (χ2v) is 7.64. The summed E-state index contributed by atoms with van der Waals surface area (Å²) in [5.74, 6) is 1.51. The first-order chi connectivity index (χ1) is 12.4. The third kappa shape index (κ3) is 3.31. The summed E-state index contributed by atoms with van der Waals surface area (Å²) in [6.07, 6.45) is 4.20. The number of pyridine rings is 1. The van der Waals surface area contributed by atoms with Gasteiger partial charge < -0.3 is 9.84 Å². The SMILES string of the molecule is Cc1ccc(C2(O)CCN(C[C@H]3Cc4c(C)nc(C)nc4O3)CC2)nc1. The number of aliphatic hydroxyl groups is 1. The van der Waals surface area contributed by atoms with Crippen LogP contribution in [0.3, 0.4) is 0 Å². The van der Waals surface area contributed by atoms with Crippen LogP contribution in [0.2, 0.25) is 0 Å². The van der Waals surface area contributed by atoms with Gasteiger partial charge in [-0.15, -0.1) is 0 Å². The summed E-state index contributed by atoms with van der Waals surface area (Å²) in [4.78, 5) is 15.7. The number of aryl methyl sites for hydroxylation is 3. The van der Waals surface area contributed by atoms with Crippen molar-refractivity contribution in [3.05, 3.63) is 46.7 Å². The number of nitrogens with zero attached hydrogens (tertiary/aromatic N) is 4. The molecule has 0 saturated carbocycles. The number of rotatable bonds is 3. The van der Waals surface area contributed by atoms with Crippen molar-refractivity contribution < 1.29 is 9.84 Å². The minimum Gasteiger partial charge on any atom is -0.472 e. The third-order valence-electron chi connectivity index (χ3n) is 5.53. The first-order valence-electron chi connectivity index (χ1n) is 9.31. The Morgan fingerprint density at radius 3 is 2.65 bits per heavy atom. The summed E-state index contributed by atoms with van der Waals surface area (Å²) in [5, 5.41) is 11.0. The predicted molar refractivity (Wildman–Crippen MR) is 98.2 cm³/mol. The second-order valence-electron chi connectivity index (χ2n) is 7.64. The number of hydrogen-bond acceptors (Lipinski definition) is 6. The van der Waals surface area contributed by atoms with E-state index < -0.39 is 5.60 Å². The van der Waals surface area contributed by atoms with E-state index >= 15 is 0 Å². The molecular weight excluding hydrogens is 328 g/mol. The van der Waals surface area contributed by atoms with E-state index in [1.807, 2.05) is 39.1 Å². The van der Waals surface area contributed by atoms with Gasteiger partial charge in [0.25, 0.3) is 0 Å². The van der Waals surface area contributed by atoms with Crippen LogP contribution in [0.25, 0.3) is 0 Å². The van der Waals surface area contributed by atoms with Crippen molar-refractivity contribution >= 4 is 0 Å². The van der Waals surface area contributed by atoms with Gasteiger partial charge in [0.05, 0.1) is 5.69 Å². The molecule has 0 radical (unpaired) electrons. The standard InChI is InChI=1S/C20H26N4O2/c1-13-4-5-18(21-11-13)20(25)6-8-24(9-7-20)12-16-10-17-14(2)22-15(3)23-19(17)26-16/h4-5,11,16,25H,6-10,12H2,1-3H3/t16-/m1/s1. The highest BCUT2D eigenvalue weighted by Crippen LogP contribution is 2.33. The van der Waals surface area contributed by atoms with Gasteiger partial charge in [-0.25, -0.2) is 4.98 Å². The molecule has 1 atom stereocenters. The van der Waals surface area contributed by atoms with Crippen molar-refractivity contribution in [2.45, 2.75) is 51.7 Å². The average Bonchev–Trinajstić information content (AvgIpc) is 3.00. The maximum absolute atomic E-state index is 11.0. The molecule has 138 valence electrons. The lowest BCUT2D eigenvalue weighted by Gasteiger charge is -2.38. The van der Waals surface area contributed by atoms with Crippen molar-refractivity contribution in [1.29, 1.82) is 0 Å². The van der Waals surface area contributed by atoms with Crippen LogP contribution in [0.4, 0.5) is 0 Å². The summed E-state index contributed by atoms with van der Waals surface area (Å²) < 4.78 is 6.05. The molecule has 1 N–H and O–H groups in total. The quantitative estimate of drug-likeness (QED) is 0.910. The lowest BCUT2D eigenvalue weighted by atomic mass is 9.87. The van der Waals surface area contributed by atoms with Gasteiger partial charge in [0, 0.05) is 43.5 Å². The van der Waals surface area contributed by atoms with Gasteiger partial charge in [0.2, 0.25) is 5.88 Å². The van der Waals surface area contributed by atoms with Crippen LogP contribution >= 0.6 is 0 Å². The molecule has 0 aromatic carbocycles. The monoisotopic (exact) mass is 354 g/mol. The van der Waals surface area contributed by atoms with E-state index in [0.717, 1.165) is 60.3 Å². The average molecular weight is 354 g/mol. The maximum Gasteiger partial charge on any atom is 0.220 e. The van der Waals surface area contributed by atoms with Gasteiger partial charge >= 0.3 is 0 Å².